The van der Waals surface area contributed by atoms with Crippen LogP contribution in [0.4, 0.5) is 0 Å². The second-order valence-corrected chi connectivity index (χ2v) is 6.71. The number of nitrogens with zero attached hydrogens (tertiary/aromatic N) is 2. The molecule has 2 N–H and O–H groups in total. The highest BCUT2D eigenvalue weighted by molar-refractivity contribution is 5.92. The molecule has 2 aliphatic rings. The number of amides is 2. The maximum absolute atomic E-state index is 11.5. The Kier molecular flexibility index (Phi) is 4.66. The van der Waals surface area contributed by atoms with Crippen molar-refractivity contribution in [1.82, 2.24) is 9.80 Å². The molecule has 5 nitrogen and oxygen atoms in total. The summed E-state index contributed by atoms with van der Waals surface area (Å²) in [5, 5.41) is 0. The quantitative estimate of drug-likeness (QED) is 0.900. The topological polar surface area (TPSA) is 66.6 Å². The molecule has 5 heteroatoms. The van der Waals surface area contributed by atoms with Gasteiger partial charge in [0.1, 0.15) is 0 Å². The first-order chi connectivity index (χ1) is 11.0. The molecule has 2 amide bonds. The fraction of sp³-hybridized carbons (Fsp3) is 0.556. The Hall–Kier alpha value is -1.88. The van der Waals surface area contributed by atoms with Gasteiger partial charge in [-0.3, -0.25) is 14.5 Å². The summed E-state index contributed by atoms with van der Waals surface area (Å²) in [6.45, 7) is 4.21. The molecule has 124 valence electrons. The first-order valence-corrected chi connectivity index (χ1v) is 8.44. The maximum atomic E-state index is 11.5. The average Bonchev–Trinajstić information content (AvgIpc) is 3.38. The lowest BCUT2D eigenvalue weighted by Gasteiger charge is -2.38. The van der Waals surface area contributed by atoms with E-state index in [1.807, 2.05) is 17.0 Å². The van der Waals surface area contributed by atoms with Gasteiger partial charge < -0.3 is 10.6 Å². The third-order valence-electron chi connectivity index (χ3n) is 4.97. The fourth-order valence-corrected chi connectivity index (χ4v) is 3.51. The molecule has 1 saturated carbocycles. The molecule has 0 radical (unpaired) electrons. The van der Waals surface area contributed by atoms with Gasteiger partial charge in [0.05, 0.1) is 0 Å². The van der Waals surface area contributed by atoms with Gasteiger partial charge in [-0.05, 0) is 43.4 Å². The number of likely N-dealkylation sites (tertiary alicyclic amines) is 1. The molecule has 0 spiro atoms. The van der Waals surface area contributed by atoms with E-state index in [0.29, 0.717) is 17.6 Å². The Morgan fingerprint density at radius 1 is 1.17 bits per heavy atom. The van der Waals surface area contributed by atoms with E-state index in [1.165, 1.54) is 12.8 Å². The predicted molar refractivity (Wildman–Crippen MR) is 88.8 cm³/mol. The van der Waals surface area contributed by atoms with Crippen LogP contribution in [0.5, 0.6) is 0 Å². The zero-order valence-electron chi connectivity index (χ0n) is 13.7. The maximum Gasteiger partial charge on any atom is 0.248 e. The molecule has 23 heavy (non-hydrogen) atoms. The Bertz CT molecular complexity index is 590. The third-order valence-corrected chi connectivity index (χ3v) is 4.97. The van der Waals surface area contributed by atoms with E-state index >= 15 is 0 Å². The minimum absolute atomic E-state index is 0.176. The molecule has 0 bridgehead atoms. The van der Waals surface area contributed by atoms with Crippen molar-refractivity contribution in [1.29, 1.82) is 0 Å². The predicted octanol–water partition coefficient (Wildman–Crippen LogP) is 1.76. The molecule has 1 aromatic carbocycles. The van der Waals surface area contributed by atoms with Gasteiger partial charge in [0.25, 0.3) is 0 Å². The first-order valence-electron chi connectivity index (χ1n) is 8.44. The number of hydrogen-bond acceptors (Lipinski definition) is 3. The lowest BCUT2D eigenvalue weighted by molar-refractivity contribution is -0.130. The van der Waals surface area contributed by atoms with E-state index in [9.17, 15) is 9.59 Å². The number of benzene rings is 1. The molecule has 0 unspecified atom stereocenters. The number of rotatable bonds is 5. The van der Waals surface area contributed by atoms with E-state index in [0.717, 1.165) is 38.0 Å². The fourth-order valence-electron chi connectivity index (χ4n) is 3.51. The SMILES string of the molecule is CC(=O)N1CCC(N(Cc2cccc(C(N)=O)c2)C2CC2)CC1. The molecule has 1 aromatic rings. The molecular weight excluding hydrogens is 290 g/mol. The largest absolute Gasteiger partial charge is 0.366 e. The normalized spacial score (nSPS) is 19.1. The summed E-state index contributed by atoms with van der Waals surface area (Å²) in [6.07, 6.45) is 4.57. The van der Waals surface area contributed by atoms with Crippen LogP contribution in [-0.4, -0.2) is 46.8 Å². The summed E-state index contributed by atoms with van der Waals surface area (Å²) < 4.78 is 0. The Labute approximate surface area is 137 Å². The van der Waals surface area contributed by atoms with Crippen molar-refractivity contribution in [3.63, 3.8) is 0 Å². The Balaban J connectivity index is 1.67. The van der Waals surface area contributed by atoms with Crippen molar-refractivity contribution in [2.24, 2.45) is 5.73 Å². The van der Waals surface area contributed by atoms with Gasteiger partial charge in [0, 0.05) is 44.2 Å². The Morgan fingerprint density at radius 3 is 2.39 bits per heavy atom. The van der Waals surface area contributed by atoms with E-state index in [1.54, 1.807) is 13.0 Å². The van der Waals surface area contributed by atoms with Crippen molar-refractivity contribution in [2.75, 3.05) is 13.1 Å². The smallest absolute Gasteiger partial charge is 0.248 e. The van der Waals surface area contributed by atoms with Crippen LogP contribution in [0.15, 0.2) is 24.3 Å². The molecule has 1 heterocycles. The number of primary amides is 1. The van der Waals surface area contributed by atoms with Crippen molar-refractivity contribution in [2.45, 2.75) is 51.2 Å². The third kappa shape index (κ3) is 3.91. The zero-order valence-corrected chi connectivity index (χ0v) is 13.7. The molecule has 3 rings (SSSR count). The minimum atomic E-state index is -0.375. The van der Waals surface area contributed by atoms with Gasteiger partial charge in [-0.25, -0.2) is 0 Å². The van der Waals surface area contributed by atoms with Gasteiger partial charge >= 0.3 is 0 Å². The average molecular weight is 315 g/mol. The summed E-state index contributed by atoms with van der Waals surface area (Å²) in [6, 6.07) is 8.81. The molecule has 2 fully saturated rings. The van der Waals surface area contributed by atoms with Crippen LogP contribution in [0, 0.1) is 0 Å². The van der Waals surface area contributed by atoms with E-state index < -0.39 is 0 Å². The standard InChI is InChI=1S/C18H25N3O2/c1-13(22)20-9-7-17(8-10-20)21(16-5-6-16)12-14-3-2-4-15(11-14)18(19)23/h2-4,11,16-17H,5-10,12H2,1H3,(H2,19,23). The molecule has 1 aliphatic carbocycles. The van der Waals surface area contributed by atoms with Crippen molar-refractivity contribution in [3.05, 3.63) is 35.4 Å². The summed E-state index contributed by atoms with van der Waals surface area (Å²) in [5.41, 5.74) is 7.10. The van der Waals surface area contributed by atoms with Gasteiger partial charge in [0.15, 0.2) is 0 Å². The van der Waals surface area contributed by atoms with Crippen LogP contribution in [0.25, 0.3) is 0 Å². The summed E-state index contributed by atoms with van der Waals surface area (Å²) in [7, 11) is 0. The van der Waals surface area contributed by atoms with Crippen molar-refractivity contribution >= 4 is 11.8 Å². The number of hydrogen-bond donors (Lipinski definition) is 1. The second kappa shape index (κ2) is 6.71. The zero-order chi connectivity index (χ0) is 16.4. The van der Waals surface area contributed by atoms with Gasteiger partial charge in [-0.2, -0.15) is 0 Å². The van der Waals surface area contributed by atoms with Crippen molar-refractivity contribution in [3.8, 4) is 0 Å². The number of nitrogens with two attached hydrogens (primary N) is 1. The minimum Gasteiger partial charge on any atom is -0.366 e. The molecule has 1 saturated heterocycles. The van der Waals surface area contributed by atoms with E-state index in [-0.39, 0.29) is 11.8 Å². The lowest BCUT2D eigenvalue weighted by atomic mass is 10.0. The highest BCUT2D eigenvalue weighted by Crippen LogP contribution is 2.33. The van der Waals surface area contributed by atoms with Crippen LogP contribution in [0.2, 0.25) is 0 Å². The molecule has 0 atom stereocenters. The number of carbonyl (C=O) groups excluding carboxylic acids is 2. The van der Waals surface area contributed by atoms with Gasteiger partial charge in [0.2, 0.25) is 11.8 Å². The summed E-state index contributed by atoms with van der Waals surface area (Å²) in [5.74, 6) is -0.199. The highest BCUT2D eigenvalue weighted by atomic mass is 16.2. The first kappa shape index (κ1) is 16.0. The molecule has 1 aliphatic heterocycles. The molecular formula is C18H25N3O2. The van der Waals surface area contributed by atoms with Crippen LogP contribution in [-0.2, 0) is 11.3 Å². The van der Waals surface area contributed by atoms with Crippen molar-refractivity contribution < 1.29 is 9.59 Å². The van der Waals surface area contributed by atoms with Gasteiger partial charge in [-0.15, -0.1) is 0 Å². The van der Waals surface area contributed by atoms with Crippen LogP contribution < -0.4 is 5.73 Å². The van der Waals surface area contributed by atoms with Gasteiger partial charge in [-0.1, -0.05) is 12.1 Å². The number of piperidine rings is 1. The molecule has 0 aromatic heterocycles. The van der Waals surface area contributed by atoms with E-state index in [4.69, 9.17) is 5.73 Å². The lowest BCUT2D eigenvalue weighted by Crippen LogP contribution is -2.46. The monoisotopic (exact) mass is 315 g/mol. The summed E-state index contributed by atoms with van der Waals surface area (Å²) in [4.78, 5) is 27.3. The number of carbonyl (C=O) groups is 2. The van der Waals surface area contributed by atoms with Crippen LogP contribution >= 0.6 is 0 Å². The highest BCUT2D eigenvalue weighted by Gasteiger charge is 2.35. The van der Waals surface area contributed by atoms with Crippen LogP contribution in [0.3, 0.4) is 0 Å². The van der Waals surface area contributed by atoms with Crippen LogP contribution in [0.1, 0.15) is 48.5 Å². The van der Waals surface area contributed by atoms with E-state index in [2.05, 4.69) is 11.0 Å². The second-order valence-electron chi connectivity index (χ2n) is 6.71. The Morgan fingerprint density at radius 2 is 1.83 bits per heavy atom. The summed E-state index contributed by atoms with van der Waals surface area (Å²) >= 11 is 0.